The number of nitrogens with two attached hydrogens (primary N) is 1. The van der Waals surface area contributed by atoms with E-state index in [4.69, 9.17) is 15.2 Å². The Morgan fingerprint density at radius 1 is 1.06 bits per heavy atom. The van der Waals surface area contributed by atoms with Gasteiger partial charge in [0.05, 0.1) is 44.2 Å². The zero-order valence-corrected chi connectivity index (χ0v) is 18.3. The maximum absolute atomic E-state index is 13.4. The molecule has 1 saturated heterocycles. The number of nitrogens with zero attached hydrogens (tertiary/aromatic N) is 3. The maximum Gasteiger partial charge on any atom is 0.310 e. The molecule has 0 saturated carbocycles. The first kappa shape index (κ1) is 22.7. The van der Waals surface area contributed by atoms with Crippen molar-refractivity contribution in [2.45, 2.75) is 24.2 Å². The minimum absolute atomic E-state index is 0.00357. The molecule has 0 bridgehead atoms. The predicted octanol–water partition coefficient (Wildman–Crippen LogP) is 5.11. The van der Waals surface area contributed by atoms with Crippen LogP contribution in [0.15, 0.2) is 41.4 Å². The van der Waals surface area contributed by atoms with Crippen LogP contribution in [-0.4, -0.2) is 40.5 Å². The van der Waals surface area contributed by atoms with Crippen LogP contribution in [0.1, 0.15) is 33.2 Å². The number of rotatable bonds is 3. The Kier molecular flexibility index (Phi) is 4.68. The SMILES string of the molecule is Nc1nc2cnc(C(=O)N3CCOC[C@@H]3c3ccc(S(F)(F)(F)(F)F)cc3)cc2c2c1COC2. The van der Waals surface area contributed by atoms with Crippen molar-refractivity contribution in [2.24, 2.45) is 0 Å². The Hall–Kier alpha value is -3.03. The lowest BCUT2D eigenvalue weighted by Crippen LogP contribution is -2.43. The summed E-state index contributed by atoms with van der Waals surface area (Å²) in [5, 5.41) is 0.671. The Morgan fingerprint density at radius 2 is 1.76 bits per heavy atom. The molecule has 13 heteroatoms. The summed E-state index contributed by atoms with van der Waals surface area (Å²) in [4.78, 5) is 21.3. The van der Waals surface area contributed by atoms with Crippen molar-refractivity contribution < 1.29 is 33.7 Å². The monoisotopic (exact) mass is 502 g/mol. The number of carbonyl (C=O) groups is 1. The number of amides is 1. The Labute approximate surface area is 190 Å². The molecule has 34 heavy (non-hydrogen) atoms. The number of morpholine rings is 1. The lowest BCUT2D eigenvalue weighted by atomic mass is 10.0. The normalized spacial score (nSPS) is 20.6. The molecule has 0 aliphatic carbocycles. The predicted molar refractivity (Wildman–Crippen MR) is 115 cm³/mol. The summed E-state index contributed by atoms with van der Waals surface area (Å²) in [5.74, 6) is -0.138. The van der Waals surface area contributed by atoms with Gasteiger partial charge < -0.3 is 20.1 Å². The molecular formula is C21H19F5N4O3S. The number of fused-ring (bicyclic) bond motifs is 3. The Bertz CT molecular complexity index is 1320. The molecule has 1 amide bonds. The van der Waals surface area contributed by atoms with Gasteiger partial charge in [0.2, 0.25) is 0 Å². The number of hydrogen-bond donors (Lipinski definition) is 1. The first-order valence-corrected chi connectivity index (χ1v) is 12.1. The number of ether oxygens (including phenoxy) is 2. The first-order valence-electron chi connectivity index (χ1n) is 10.2. The number of nitrogen functional groups attached to an aromatic ring is 1. The fraction of sp³-hybridized carbons (Fsp3) is 0.286. The zero-order chi connectivity index (χ0) is 24.4. The van der Waals surface area contributed by atoms with E-state index in [1.807, 2.05) is 0 Å². The van der Waals surface area contributed by atoms with E-state index in [1.165, 1.54) is 11.1 Å². The third-order valence-electron chi connectivity index (χ3n) is 5.93. The summed E-state index contributed by atoms with van der Waals surface area (Å²) >= 11 is 0. The summed E-state index contributed by atoms with van der Waals surface area (Å²) < 4.78 is 76.3. The van der Waals surface area contributed by atoms with Crippen molar-refractivity contribution in [3.63, 3.8) is 0 Å². The molecule has 2 aliphatic heterocycles. The minimum Gasteiger partial charge on any atom is -0.383 e. The van der Waals surface area contributed by atoms with Crippen molar-refractivity contribution >= 4 is 32.9 Å². The van der Waals surface area contributed by atoms with E-state index < -0.39 is 27.1 Å². The van der Waals surface area contributed by atoms with Gasteiger partial charge in [-0.15, -0.1) is 0 Å². The molecule has 4 heterocycles. The topological polar surface area (TPSA) is 90.6 Å². The highest BCUT2D eigenvalue weighted by Crippen LogP contribution is 3.02. The molecule has 5 rings (SSSR count). The van der Waals surface area contributed by atoms with Crippen LogP contribution in [-0.2, 0) is 22.7 Å². The molecular weight excluding hydrogens is 483 g/mol. The van der Waals surface area contributed by atoms with Crippen LogP contribution in [0.4, 0.5) is 25.2 Å². The maximum atomic E-state index is 13.4. The van der Waals surface area contributed by atoms with Gasteiger partial charge in [0.1, 0.15) is 16.4 Å². The lowest BCUT2D eigenvalue weighted by Gasteiger charge is -2.41. The van der Waals surface area contributed by atoms with Crippen LogP contribution >= 0.6 is 10.2 Å². The van der Waals surface area contributed by atoms with E-state index in [2.05, 4.69) is 9.97 Å². The molecule has 0 radical (unpaired) electrons. The zero-order valence-electron chi connectivity index (χ0n) is 17.5. The number of benzene rings is 1. The van der Waals surface area contributed by atoms with Crippen LogP contribution in [0, 0.1) is 0 Å². The molecule has 2 aliphatic rings. The summed E-state index contributed by atoms with van der Waals surface area (Å²) in [5.41, 5.74) is 8.39. The van der Waals surface area contributed by atoms with Gasteiger partial charge in [-0.1, -0.05) is 31.6 Å². The molecule has 0 unspecified atom stereocenters. The average molecular weight is 502 g/mol. The van der Waals surface area contributed by atoms with Crippen molar-refractivity contribution in [3.8, 4) is 0 Å². The molecule has 0 spiro atoms. The van der Waals surface area contributed by atoms with Crippen LogP contribution in [0.2, 0.25) is 0 Å². The number of carbonyl (C=O) groups excluding carboxylic acids is 1. The van der Waals surface area contributed by atoms with Gasteiger partial charge in [0.25, 0.3) is 5.91 Å². The summed E-state index contributed by atoms with van der Waals surface area (Å²) in [7, 11) is -9.80. The highest BCUT2D eigenvalue weighted by molar-refractivity contribution is 8.45. The second kappa shape index (κ2) is 6.99. The Balaban J connectivity index is 1.48. The summed E-state index contributed by atoms with van der Waals surface area (Å²) in [6, 6.07) is 3.37. The van der Waals surface area contributed by atoms with Crippen LogP contribution in [0.5, 0.6) is 0 Å². The smallest absolute Gasteiger partial charge is 0.310 e. The van der Waals surface area contributed by atoms with Crippen molar-refractivity contribution in [3.05, 3.63) is 58.9 Å². The fourth-order valence-corrected chi connectivity index (χ4v) is 4.86. The molecule has 3 aromatic rings. The second-order valence-electron chi connectivity index (χ2n) is 8.16. The van der Waals surface area contributed by atoms with E-state index in [9.17, 15) is 24.2 Å². The van der Waals surface area contributed by atoms with Crippen molar-refractivity contribution in [1.29, 1.82) is 0 Å². The summed E-state index contributed by atoms with van der Waals surface area (Å²) in [6.45, 7) is 0.982. The highest BCUT2D eigenvalue weighted by Gasteiger charge is 2.65. The average Bonchev–Trinajstić information content (AvgIpc) is 3.28. The van der Waals surface area contributed by atoms with E-state index in [1.54, 1.807) is 6.07 Å². The largest absolute Gasteiger partial charge is 0.383 e. The number of halogens is 5. The number of aromatic nitrogens is 2. The van der Waals surface area contributed by atoms with E-state index in [-0.39, 0.29) is 31.0 Å². The van der Waals surface area contributed by atoms with Crippen molar-refractivity contribution in [2.75, 3.05) is 25.5 Å². The van der Waals surface area contributed by atoms with Gasteiger partial charge in [-0.3, -0.25) is 4.79 Å². The molecule has 1 fully saturated rings. The second-order valence-corrected chi connectivity index (χ2v) is 10.6. The van der Waals surface area contributed by atoms with Crippen LogP contribution in [0.25, 0.3) is 10.9 Å². The molecule has 2 N–H and O–H groups in total. The number of anilines is 1. The fourth-order valence-electron chi connectivity index (χ4n) is 4.21. The van der Waals surface area contributed by atoms with Crippen LogP contribution < -0.4 is 5.73 Å². The highest BCUT2D eigenvalue weighted by atomic mass is 32.5. The molecule has 7 nitrogen and oxygen atoms in total. The van der Waals surface area contributed by atoms with Gasteiger partial charge in [0.15, 0.2) is 0 Å². The number of hydrogen-bond acceptors (Lipinski definition) is 6. The molecule has 182 valence electrons. The van der Waals surface area contributed by atoms with Gasteiger partial charge in [0, 0.05) is 17.5 Å². The van der Waals surface area contributed by atoms with Gasteiger partial charge in [-0.05, 0) is 29.3 Å². The van der Waals surface area contributed by atoms with E-state index in [0.717, 1.165) is 23.3 Å². The first-order chi connectivity index (χ1) is 15.8. The number of pyridine rings is 2. The van der Waals surface area contributed by atoms with Gasteiger partial charge >= 0.3 is 10.2 Å². The van der Waals surface area contributed by atoms with E-state index >= 15 is 0 Å². The van der Waals surface area contributed by atoms with Crippen LogP contribution in [0.3, 0.4) is 0 Å². The lowest BCUT2D eigenvalue weighted by molar-refractivity contribution is -0.00301. The quantitative estimate of drug-likeness (QED) is 0.501. The van der Waals surface area contributed by atoms with Crippen molar-refractivity contribution in [1.82, 2.24) is 14.9 Å². The third kappa shape index (κ3) is 4.03. The van der Waals surface area contributed by atoms with Gasteiger partial charge in [-0.2, -0.15) is 0 Å². The summed E-state index contributed by atoms with van der Waals surface area (Å²) in [6.07, 6.45) is 1.43. The van der Waals surface area contributed by atoms with Gasteiger partial charge in [-0.25, -0.2) is 9.97 Å². The van der Waals surface area contributed by atoms with E-state index in [0.29, 0.717) is 42.1 Å². The minimum atomic E-state index is -9.80. The molecule has 1 atom stereocenters. The third-order valence-corrected chi connectivity index (χ3v) is 7.10. The molecule has 1 aromatic carbocycles. The standard InChI is InChI=1S/C21H19F5N4O3S/c22-34(23,24,25,26)13-3-1-12(2-4-13)19-11-32-6-5-30(19)21(31)17-7-14-15-9-33-10-16(15)20(27)29-18(14)8-28-17/h1-4,7-8,19H,5-6,9-11H2,(H2,27,29)/t19-/m1/s1. The molecule has 2 aromatic heterocycles. The Morgan fingerprint density at radius 3 is 2.47 bits per heavy atom.